The lowest BCUT2D eigenvalue weighted by Crippen LogP contribution is -2.11. The first-order chi connectivity index (χ1) is 7.74. The Bertz CT molecular complexity index is 468. The summed E-state index contributed by atoms with van der Waals surface area (Å²) in [6, 6.07) is 1.74. The molecule has 2 aromatic rings. The number of nitrogens with zero attached hydrogens (tertiary/aromatic N) is 4. The first-order valence-electron chi connectivity index (χ1n) is 4.95. The van der Waals surface area contributed by atoms with Crippen LogP contribution in [0.15, 0.2) is 24.7 Å². The van der Waals surface area contributed by atoms with Crippen LogP contribution in [0.4, 0.5) is 5.69 Å². The summed E-state index contributed by atoms with van der Waals surface area (Å²) < 4.78 is 1.89. The summed E-state index contributed by atoms with van der Waals surface area (Å²) in [6.07, 6.45) is 5.48. The number of anilines is 1. The molecule has 0 spiro atoms. The highest BCUT2D eigenvalue weighted by Gasteiger charge is 1.96. The molecule has 1 N–H and O–H groups in total. The van der Waals surface area contributed by atoms with Gasteiger partial charge in [-0.25, -0.2) is 0 Å². The first kappa shape index (κ1) is 10.9. The van der Waals surface area contributed by atoms with Gasteiger partial charge in [-0.15, -0.1) is 5.10 Å². The summed E-state index contributed by atoms with van der Waals surface area (Å²) in [5, 5.41) is 15.2. The molecule has 0 unspecified atom stereocenters. The maximum absolute atomic E-state index is 5.71. The van der Waals surface area contributed by atoms with Crippen LogP contribution in [0.2, 0.25) is 5.15 Å². The van der Waals surface area contributed by atoms with Crippen LogP contribution in [0.1, 0.15) is 5.56 Å². The fourth-order valence-electron chi connectivity index (χ4n) is 1.34. The van der Waals surface area contributed by atoms with E-state index in [1.165, 1.54) is 0 Å². The summed E-state index contributed by atoms with van der Waals surface area (Å²) in [7, 11) is 0. The molecule has 0 aliphatic rings. The maximum atomic E-state index is 5.71. The third kappa shape index (κ3) is 2.93. The van der Waals surface area contributed by atoms with Crippen molar-refractivity contribution in [2.75, 3.05) is 11.9 Å². The van der Waals surface area contributed by atoms with Gasteiger partial charge in [0.2, 0.25) is 0 Å². The van der Waals surface area contributed by atoms with Crippen molar-refractivity contribution in [3.63, 3.8) is 0 Å². The van der Waals surface area contributed by atoms with Gasteiger partial charge in [0.25, 0.3) is 0 Å². The minimum Gasteiger partial charge on any atom is -0.382 e. The number of aromatic nitrogens is 4. The van der Waals surface area contributed by atoms with Gasteiger partial charge in [-0.2, -0.15) is 10.2 Å². The number of rotatable bonds is 4. The molecule has 0 saturated carbocycles. The molecule has 5 nitrogen and oxygen atoms in total. The summed E-state index contributed by atoms with van der Waals surface area (Å²) in [4.78, 5) is 0. The smallest absolute Gasteiger partial charge is 0.153 e. The minimum absolute atomic E-state index is 0.389. The second-order valence-electron chi connectivity index (χ2n) is 3.47. The van der Waals surface area contributed by atoms with E-state index >= 15 is 0 Å². The van der Waals surface area contributed by atoms with Crippen LogP contribution in [0, 0.1) is 6.92 Å². The SMILES string of the molecule is Cc1cnn(CCNc2cnnc(Cl)c2)c1. The van der Waals surface area contributed by atoms with E-state index in [0.29, 0.717) is 5.15 Å². The third-order valence-electron chi connectivity index (χ3n) is 2.06. The summed E-state index contributed by atoms with van der Waals surface area (Å²) >= 11 is 5.71. The minimum atomic E-state index is 0.389. The largest absolute Gasteiger partial charge is 0.382 e. The van der Waals surface area contributed by atoms with E-state index in [9.17, 15) is 0 Å². The second kappa shape index (κ2) is 4.94. The Morgan fingerprint density at radius 2 is 2.31 bits per heavy atom. The predicted molar refractivity (Wildman–Crippen MR) is 62.5 cm³/mol. The van der Waals surface area contributed by atoms with E-state index in [1.807, 2.05) is 24.0 Å². The van der Waals surface area contributed by atoms with Crippen LogP contribution in [0.25, 0.3) is 0 Å². The van der Waals surface area contributed by atoms with Crippen molar-refractivity contribution in [1.29, 1.82) is 0 Å². The van der Waals surface area contributed by atoms with Crippen molar-refractivity contribution in [2.24, 2.45) is 0 Å². The zero-order chi connectivity index (χ0) is 11.4. The first-order valence-corrected chi connectivity index (χ1v) is 5.33. The van der Waals surface area contributed by atoms with Gasteiger partial charge in [0.15, 0.2) is 5.15 Å². The molecule has 2 rings (SSSR count). The van der Waals surface area contributed by atoms with Gasteiger partial charge in [0, 0.05) is 18.8 Å². The molecule has 16 heavy (non-hydrogen) atoms. The Balaban J connectivity index is 1.84. The van der Waals surface area contributed by atoms with Gasteiger partial charge in [-0.1, -0.05) is 11.6 Å². The number of halogens is 1. The van der Waals surface area contributed by atoms with Crippen LogP contribution in [0.5, 0.6) is 0 Å². The molecule has 0 aromatic carbocycles. The number of hydrogen-bond acceptors (Lipinski definition) is 4. The molecular weight excluding hydrogens is 226 g/mol. The van der Waals surface area contributed by atoms with Gasteiger partial charge >= 0.3 is 0 Å². The van der Waals surface area contributed by atoms with E-state index in [-0.39, 0.29) is 0 Å². The molecule has 0 atom stereocenters. The van der Waals surface area contributed by atoms with E-state index in [1.54, 1.807) is 12.3 Å². The summed E-state index contributed by atoms with van der Waals surface area (Å²) in [5.74, 6) is 0. The van der Waals surface area contributed by atoms with Crippen LogP contribution in [-0.2, 0) is 6.54 Å². The summed E-state index contributed by atoms with van der Waals surface area (Å²) in [5.41, 5.74) is 2.03. The molecule has 2 heterocycles. The van der Waals surface area contributed by atoms with Crippen molar-refractivity contribution < 1.29 is 0 Å². The highest BCUT2D eigenvalue weighted by atomic mass is 35.5. The molecular formula is C10H12ClN5. The zero-order valence-electron chi connectivity index (χ0n) is 8.89. The van der Waals surface area contributed by atoms with Crippen molar-refractivity contribution in [3.8, 4) is 0 Å². The Morgan fingerprint density at radius 3 is 3.00 bits per heavy atom. The molecule has 6 heteroatoms. The molecule has 0 aliphatic carbocycles. The van der Waals surface area contributed by atoms with E-state index < -0.39 is 0 Å². The maximum Gasteiger partial charge on any atom is 0.153 e. The van der Waals surface area contributed by atoms with Gasteiger partial charge in [-0.3, -0.25) is 4.68 Å². The van der Waals surface area contributed by atoms with Crippen molar-refractivity contribution in [1.82, 2.24) is 20.0 Å². The van der Waals surface area contributed by atoms with Gasteiger partial charge < -0.3 is 5.32 Å². The number of aryl methyl sites for hydroxylation is 1. The summed E-state index contributed by atoms with van der Waals surface area (Å²) in [6.45, 7) is 3.58. The van der Waals surface area contributed by atoms with E-state index in [4.69, 9.17) is 11.6 Å². The lowest BCUT2D eigenvalue weighted by Gasteiger charge is -2.05. The normalized spacial score (nSPS) is 10.4. The van der Waals surface area contributed by atoms with Crippen LogP contribution in [0.3, 0.4) is 0 Å². The molecule has 0 bridgehead atoms. The fraction of sp³-hybridized carbons (Fsp3) is 0.300. The van der Waals surface area contributed by atoms with Gasteiger partial charge in [-0.05, 0) is 12.5 Å². The number of nitrogens with one attached hydrogen (secondary N) is 1. The molecule has 0 radical (unpaired) electrons. The second-order valence-corrected chi connectivity index (χ2v) is 3.86. The molecule has 0 fully saturated rings. The van der Waals surface area contributed by atoms with Crippen LogP contribution in [-0.4, -0.2) is 26.5 Å². The molecule has 0 aliphatic heterocycles. The third-order valence-corrected chi connectivity index (χ3v) is 2.24. The van der Waals surface area contributed by atoms with E-state index in [0.717, 1.165) is 24.3 Å². The lowest BCUT2D eigenvalue weighted by molar-refractivity contribution is 0.637. The molecule has 2 aromatic heterocycles. The van der Waals surface area contributed by atoms with Crippen LogP contribution >= 0.6 is 11.6 Å². The van der Waals surface area contributed by atoms with Crippen molar-refractivity contribution in [2.45, 2.75) is 13.5 Å². The van der Waals surface area contributed by atoms with Crippen molar-refractivity contribution >= 4 is 17.3 Å². The Kier molecular flexibility index (Phi) is 3.36. The van der Waals surface area contributed by atoms with E-state index in [2.05, 4.69) is 20.6 Å². The molecule has 84 valence electrons. The van der Waals surface area contributed by atoms with Gasteiger partial charge in [0.05, 0.1) is 24.6 Å². The predicted octanol–water partition coefficient (Wildman–Crippen LogP) is 1.75. The average Bonchev–Trinajstić information content (AvgIpc) is 2.64. The average molecular weight is 238 g/mol. The topological polar surface area (TPSA) is 55.6 Å². The fourth-order valence-corrected chi connectivity index (χ4v) is 1.50. The zero-order valence-corrected chi connectivity index (χ0v) is 9.65. The lowest BCUT2D eigenvalue weighted by atomic mass is 10.4. The Morgan fingerprint density at radius 1 is 1.44 bits per heavy atom. The highest BCUT2D eigenvalue weighted by Crippen LogP contribution is 2.09. The van der Waals surface area contributed by atoms with Crippen molar-refractivity contribution in [3.05, 3.63) is 35.4 Å². The Hall–Kier alpha value is -1.62. The quantitative estimate of drug-likeness (QED) is 0.880. The monoisotopic (exact) mass is 237 g/mol. The molecule has 0 saturated heterocycles. The highest BCUT2D eigenvalue weighted by molar-refractivity contribution is 6.29. The Labute approximate surface area is 98.5 Å². The van der Waals surface area contributed by atoms with Crippen LogP contribution < -0.4 is 5.32 Å². The standard InChI is InChI=1S/C10H12ClN5/c1-8-5-14-16(7-8)3-2-12-9-4-10(11)15-13-6-9/h4-7H,2-3H2,1H3,(H,12,15). The van der Waals surface area contributed by atoms with Gasteiger partial charge in [0.1, 0.15) is 0 Å². The molecule has 0 amide bonds. The number of hydrogen-bond donors (Lipinski definition) is 1.